The molecule has 0 aliphatic rings. The van der Waals surface area contributed by atoms with Crippen LogP contribution in [-0.2, 0) is 40.5 Å². The lowest BCUT2D eigenvalue weighted by molar-refractivity contribution is -0.146. The number of unbranched alkanes of at least 4 members (excludes halogenated alkanes) is 1. The third kappa shape index (κ3) is 12.9. The van der Waals surface area contributed by atoms with Crippen LogP contribution in [0.1, 0.15) is 45.6 Å². The van der Waals surface area contributed by atoms with Gasteiger partial charge in [0.2, 0.25) is 27.7 Å². The fourth-order valence-corrected chi connectivity index (χ4v) is 4.04. The average molecular weight is 499 g/mol. The van der Waals surface area contributed by atoms with Crippen LogP contribution in [-0.4, -0.2) is 63.0 Å². The fraction of sp³-hybridized carbons (Fsp3) is 0.545. The lowest BCUT2D eigenvalue weighted by atomic mass is 10.1. The summed E-state index contributed by atoms with van der Waals surface area (Å²) in [6.07, 6.45) is 1.53. The number of hydrogen-bond donors (Lipinski definition) is 4. The number of sulfonamides is 1. The maximum Gasteiger partial charge on any atom is 0.324 e. The highest BCUT2D eigenvalue weighted by molar-refractivity contribution is 7.89. The minimum Gasteiger partial charge on any atom is -0.460 e. The number of esters is 1. The molecule has 0 aromatic heterocycles. The first-order chi connectivity index (χ1) is 16.0. The van der Waals surface area contributed by atoms with E-state index in [1.807, 2.05) is 6.07 Å². The van der Waals surface area contributed by atoms with E-state index in [0.717, 1.165) is 5.56 Å². The highest BCUT2D eigenvalue weighted by Crippen LogP contribution is 2.03. The van der Waals surface area contributed by atoms with Gasteiger partial charge in [-0.2, -0.15) is 0 Å². The Hall–Kier alpha value is -2.99. The van der Waals surface area contributed by atoms with E-state index >= 15 is 0 Å². The summed E-state index contributed by atoms with van der Waals surface area (Å²) in [5.41, 5.74) is 0.775. The van der Waals surface area contributed by atoms with Crippen LogP contribution in [0.15, 0.2) is 30.3 Å². The van der Waals surface area contributed by atoms with Crippen LogP contribution in [0, 0.1) is 0 Å². The van der Waals surface area contributed by atoms with Crippen molar-refractivity contribution in [2.75, 3.05) is 18.8 Å². The molecule has 0 bridgehead atoms. The Balaban J connectivity index is 2.43. The SMILES string of the molecule is CC(=O)NCCCC[C@H](NC(C)=O)C(=O)NCCS(=O)(=O)N[C@H](C)C(=O)OCc1ccccc1. The molecule has 190 valence electrons. The van der Waals surface area contributed by atoms with Gasteiger partial charge in [-0.3, -0.25) is 19.2 Å². The highest BCUT2D eigenvalue weighted by Gasteiger charge is 2.23. The first-order valence-corrected chi connectivity index (χ1v) is 12.6. The Labute approximate surface area is 200 Å². The summed E-state index contributed by atoms with van der Waals surface area (Å²) in [5, 5.41) is 7.68. The second-order valence-electron chi connectivity index (χ2n) is 7.77. The van der Waals surface area contributed by atoms with Gasteiger partial charge in [-0.05, 0) is 31.7 Å². The Morgan fingerprint density at radius 1 is 0.941 bits per heavy atom. The summed E-state index contributed by atoms with van der Waals surface area (Å²) in [4.78, 5) is 46.8. The van der Waals surface area contributed by atoms with Crippen molar-refractivity contribution in [1.82, 2.24) is 20.7 Å². The third-order valence-corrected chi connectivity index (χ3v) is 6.05. The molecular formula is C22H34N4O7S. The van der Waals surface area contributed by atoms with E-state index in [1.165, 1.54) is 20.8 Å². The van der Waals surface area contributed by atoms with Crippen LogP contribution in [0.3, 0.4) is 0 Å². The van der Waals surface area contributed by atoms with Gasteiger partial charge >= 0.3 is 5.97 Å². The molecule has 12 heteroatoms. The quantitative estimate of drug-likeness (QED) is 0.195. The number of carbonyl (C=O) groups is 4. The zero-order valence-electron chi connectivity index (χ0n) is 19.8. The Bertz CT molecular complexity index is 922. The minimum absolute atomic E-state index is 0.0250. The zero-order chi connectivity index (χ0) is 25.6. The van der Waals surface area contributed by atoms with E-state index in [0.29, 0.717) is 25.8 Å². The standard InChI is InChI=1S/C22H34N4O7S/c1-16(22(30)33-15-19-9-5-4-6-10-19)26-34(31,32)14-13-24-21(29)20(25-18(3)28)11-7-8-12-23-17(2)27/h4-6,9-10,16,20,26H,7-8,11-15H2,1-3H3,(H,23,27)(H,24,29)(H,25,28)/t16-,20+/m1/s1. The zero-order valence-corrected chi connectivity index (χ0v) is 20.6. The number of benzene rings is 1. The highest BCUT2D eigenvalue weighted by atomic mass is 32.2. The summed E-state index contributed by atoms with van der Waals surface area (Å²) in [6, 6.07) is 7.06. The van der Waals surface area contributed by atoms with Gasteiger partial charge in [0.1, 0.15) is 18.7 Å². The maximum absolute atomic E-state index is 12.4. The third-order valence-electron chi connectivity index (χ3n) is 4.59. The van der Waals surface area contributed by atoms with Crippen molar-refractivity contribution >= 4 is 33.7 Å². The van der Waals surface area contributed by atoms with Crippen molar-refractivity contribution < 1.29 is 32.3 Å². The molecule has 0 aliphatic heterocycles. The van der Waals surface area contributed by atoms with Crippen molar-refractivity contribution in [1.29, 1.82) is 0 Å². The van der Waals surface area contributed by atoms with Gasteiger partial charge in [-0.1, -0.05) is 30.3 Å². The van der Waals surface area contributed by atoms with Crippen molar-refractivity contribution in [3.8, 4) is 0 Å². The van der Waals surface area contributed by atoms with E-state index in [2.05, 4.69) is 20.7 Å². The number of hydrogen-bond acceptors (Lipinski definition) is 7. The van der Waals surface area contributed by atoms with Crippen LogP contribution in [0.2, 0.25) is 0 Å². The summed E-state index contributed by atoms with van der Waals surface area (Å²) in [5.74, 6) is -2.23. The maximum atomic E-state index is 12.4. The van der Waals surface area contributed by atoms with E-state index < -0.39 is 39.7 Å². The lowest BCUT2D eigenvalue weighted by Crippen LogP contribution is -2.48. The van der Waals surface area contributed by atoms with Crippen molar-refractivity contribution in [2.45, 2.75) is 58.7 Å². The predicted octanol–water partition coefficient (Wildman–Crippen LogP) is -0.0350. The molecule has 1 aromatic carbocycles. The van der Waals surface area contributed by atoms with Crippen molar-refractivity contribution in [3.63, 3.8) is 0 Å². The molecule has 0 spiro atoms. The largest absolute Gasteiger partial charge is 0.460 e. The van der Waals surface area contributed by atoms with Gasteiger partial charge in [0.25, 0.3) is 0 Å². The average Bonchev–Trinajstić information content (AvgIpc) is 2.76. The Kier molecular flexibility index (Phi) is 12.8. The molecule has 0 unspecified atom stereocenters. The van der Waals surface area contributed by atoms with Gasteiger partial charge in [-0.15, -0.1) is 0 Å². The first-order valence-electron chi connectivity index (χ1n) is 11.0. The Morgan fingerprint density at radius 3 is 2.24 bits per heavy atom. The molecule has 0 fully saturated rings. The van der Waals surface area contributed by atoms with E-state index in [1.54, 1.807) is 24.3 Å². The number of nitrogens with one attached hydrogen (secondary N) is 4. The molecule has 0 radical (unpaired) electrons. The number of amides is 3. The summed E-state index contributed by atoms with van der Waals surface area (Å²) < 4.78 is 31.9. The lowest BCUT2D eigenvalue weighted by Gasteiger charge is -2.18. The molecule has 2 atom stereocenters. The molecule has 0 saturated heterocycles. The van der Waals surface area contributed by atoms with Crippen LogP contribution < -0.4 is 20.7 Å². The second kappa shape index (κ2) is 15.0. The molecule has 3 amide bonds. The molecule has 11 nitrogen and oxygen atoms in total. The number of carbonyl (C=O) groups excluding carboxylic acids is 4. The molecular weight excluding hydrogens is 464 g/mol. The van der Waals surface area contributed by atoms with Crippen LogP contribution in [0.25, 0.3) is 0 Å². The molecule has 4 N–H and O–H groups in total. The molecule has 0 heterocycles. The van der Waals surface area contributed by atoms with E-state index in [9.17, 15) is 27.6 Å². The van der Waals surface area contributed by atoms with Gasteiger partial charge in [0, 0.05) is 26.9 Å². The minimum atomic E-state index is -3.88. The van der Waals surface area contributed by atoms with E-state index in [-0.39, 0.29) is 25.0 Å². The predicted molar refractivity (Wildman–Crippen MR) is 126 cm³/mol. The van der Waals surface area contributed by atoms with Crippen molar-refractivity contribution in [3.05, 3.63) is 35.9 Å². The van der Waals surface area contributed by atoms with Gasteiger partial charge in [-0.25, -0.2) is 13.1 Å². The monoisotopic (exact) mass is 498 g/mol. The van der Waals surface area contributed by atoms with Gasteiger partial charge < -0.3 is 20.7 Å². The normalized spacial score (nSPS) is 12.8. The fourth-order valence-electron chi connectivity index (χ4n) is 2.91. The smallest absolute Gasteiger partial charge is 0.324 e. The summed E-state index contributed by atoms with van der Waals surface area (Å²) in [6.45, 7) is 4.34. The van der Waals surface area contributed by atoms with Crippen LogP contribution in [0.4, 0.5) is 0 Å². The molecule has 1 aromatic rings. The van der Waals surface area contributed by atoms with Crippen molar-refractivity contribution in [2.24, 2.45) is 0 Å². The van der Waals surface area contributed by atoms with Gasteiger partial charge in [0.05, 0.1) is 5.75 Å². The molecule has 0 saturated carbocycles. The van der Waals surface area contributed by atoms with Crippen LogP contribution in [0.5, 0.6) is 0 Å². The molecule has 34 heavy (non-hydrogen) atoms. The summed E-state index contributed by atoms with van der Waals surface area (Å²) >= 11 is 0. The number of ether oxygens (including phenoxy) is 1. The first kappa shape index (κ1) is 29.0. The van der Waals surface area contributed by atoms with Crippen LogP contribution >= 0.6 is 0 Å². The number of rotatable bonds is 15. The molecule has 0 aliphatic carbocycles. The molecule has 1 rings (SSSR count). The second-order valence-corrected chi connectivity index (χ2v) is 9.65. The van der Waals surface area contributed by atoms with E-state index in [4.69, 9.17) is 4.74 Å². The van der Waals surface area contributed by atoms with Gasteiger partial charge in [0.15, 0.2) is 0 Å². The Morgan fingerprint density at radius 2 is 1.62 bits per heavy atom. The summed E-state index contributed by atoms with van der Waals surface area (Å²) in [7, 11) is -3.88. The topological polar surface area (TPSA) is 160 Å².